The van der Waals surface area contributed by atoms with Crippen molar-refractivity contribution in [1.29, 1.82) is 0 Å². The zero-order chi connectivity index (χ0) is 24.9. The van der Waals surface area contributed by atoms with Crippen LogP contribution < -0.4 is 10.5 Å². The van der Waals surface area contributed by atoms with Crippen LogP contribution in [0.4, 0.5) is 0 Å². The van der Waals surface area contributed by atoms with Gasteiger partial charge >= 0.3 is 0 Å². The number of fused-ring (bicyclic) bond motifs is 1. The van der Waals surface area contributed by atoms with Gasteiger partial charge in [-0.05, 0) is 61.9 Å². The highest BCUT2D eigenvalue weighted by molar-refractivity contribution is 7.20. The second-order valence-electron chi connectivity index (χ2n) is 8.43. The van der Waals surface area contributed by atoms with Crippen molar-refractivity contribution in [3.05, 3.63) is 83.8 Å². The number of carbonyl (C=O) groups excluding carboxylic acids is 1. The van der Waals surface area contributed by atoms with Gasteiger partial charge in [0.25, 0.3) is 5.91 Å². The van der Waals surface area contributed by atoms with Crippen LogP contribution >= 0.6 is 11.3 Å². The SMILES string of the molecule is C=CC=CCC=CC=CC=C(C)c1cc2cc(C(N)=O)c(OCCCCN3CCOCC3)cc2s1. The number of nitrogens with zero attached hydrogens (tertiary/aromatic N) is 1. The number of ether oxygens (including phenoxy) is 2. The van der Waals surface area contributed by atoms with Crippen molar-refractivity contribution in [3.8, 4) is 5.75 Å². The number of hydrogen-bond donors (Lipinski definition) is 1. The first-order valence-corrected chi connectivity index (χ1v) is 13.0. The maximum absolute atomic E-state index is 12.1. The molecule has 2 aromatic rings. The number of allylic oxidation sites excluding steroid dienone is 9. The fourth-order valence-corrected chi connectivity index (χ4v) is 4.83. The molecule has 0 atom stereocenters. The Labute approximate surface area is 212 Å². The van der Waals surface area contributed by atoms with Gasteiger partial charge in [0.05, 0.1) is 25.4 Å². The van der Waals surface area contributed by atoms with Crippen LogP contribution in [0.3, 0.4) is 0 Å². The molecule has 0 radical (unpaired) electrons. The van der Waals surface area contributed by atoms with E-state index in [1.807, 2.05) is 36.4 Å². The Balaban J connectivity index is 1.60. The Morgan fingerprint density at radius 1 is 1.14 bits per heavy atom. The van der Waals surface area contributed by atoms with E-state index in [1.165, 1.54) is 0 Å². The molecule has 0 aliphatic carbocycles. The van der Waals surface area contributed by atoms with E-state index in [9.17, 15) is 4.79 Å². The number of nitrogens with two attached hydrogens (primary N) is 1. The van der Waals surface area contributed by atoms with Gasteiger partial charge in [0.15, 0.2) is 0 Å². The highest BCUT2D eigenvalue weighted by Gasteiger charge is 2.14. The summed E-state index contributed by atoms with van der Waals surface area (Å²) in [5.74, 6) is 0.106. The molecular weight excluding hydrogens is 456 g/mol. The third kappa shape index (κ3) is 8.66. The van der Waals surface area contributed by atoms with Gasteiger partial charge < -0.3 is 15.2 Å². The minimum Gasteiger partial charge on any atom is -0.493 e. The Hall–Kier alpha value is -2.93. The summed E-state index contributed by atoms with van der Waals surface area (Å²) in [5.41, 5.74) is 7.26. The highest BCUT2D eigenvalue weighted by atomic mass is 32.1. The summed E-state index contributed by atoms with van der Waals surface area (Å²) in [5, 5.41) is 1.00. The average Bonchev–Trinajstić information content (AvgIpc) is 3.28. The van der Waals surface area contributed by atoms with Crippen LogP contribution in [0.1, 0.15) is 41.4 Å². The molecule has 3 rings (SSSR count). The molecule has 5 nitrogen and oxygen atoms in total. The normalized spacial score (nSPS) is 15.6. The summed E-state index contributed by atoms with van der Waals surface area (Å²) in [4.78, 5) is 15.6. The van der Waals surface area contributed by atoms with Gasteiger partial charge in [-0.25, -0.2) is 0 Å². The molecule has 2 heterocycles. The monoisotopic (exact) mass is 492 g/mol. The number of amides is 1. The lowest BCUT2D eigenvalue weighted by Crippen LogP contribution is -2.36. The van der Waals surface area contributed by atoms with Crippen LogP contribution in [0, 0.1) is 0 Å². The van der Waals surface area contributed by atoms with Crippen LogP contribution in [0.5, 0.6) is 5.75 Å². The summed E-state index contributed by atoms with van der Waals surface area (Å²) < 4.78 is 12.5. The predicted octanol–water partition coefficient (Wildman–Crippen LogP) is 6.14. The van der Waals surface area contributed by atoms with Gasteiger partial charge in [-0.2, -0.15) is 0 Å². The van der Waals surface area contributed by atoms with Crippen LogP contribution in [0.2, 0.25) is 0 Å². The van der Waals surface area contributed by atoms with Gasteiger partial charge in [-0.15, -0.1) is 11.3 Å². The van der Waals surface area contributed by atoms with Crippen LogP contribution in [-0.2, 0) is 4.74 Å². The molecule has 1 aromatic heterocycles. The van der Waals surface area contributed by atoms with Gasteiger partial charge in [0.2, 0.25) is 0 Å². The van der Waals surface area contributed by atoms with E-state index in [0.29, 0.717) is 17.9 Å². The summed E-state index contributed by atoms with van der Waals surface area (Å²) in [7, 11) is 0. The summed E-state index contributed by atoms with van der Waals surface area (Å²) in [6, 6.07) is 5.91. The summed E-state index contributed by atoms with van der Waals surface area (Å²) in [6.45, 7) is 11.0. The second-order valence-corrected chi connectivity index (χ2v) is 9.52. The maximum Gasteiger partial charge on any atom is 0.252 e. The Kier molecular flexibility index (Phi) is 11.0. The molecule has 186 valence electrons. The Morgan fingerprint density at radius 2 is 1.94 bits per heavy atom. The molecule has 2 N–H and O–H groups in total. The van der Waals surface area contributed by atoms with Crippen LogP contribution in [-0.4, -0.2) is 50.3 Å². The zero-order valence-electron chi connectivity index (χ0n) is 20.6. The average molecular weight is 493 g/mol. The van der Waals surface area contributed by atoms with Crippen molar-refractivity contribution >= 4 is 32.9 Å². The highest BCUT2D eigenvalue weighted by Crippen LogP contribution is 2.35. The molecular formula is C29H36N2O3S. The van der Waals surface area contributed by atoms with Crippen molar-refractivity contribution in [2.75, 3.05) is 39.5 Å². The predicted molar refractivity (Wildman–Crippen MR) is 148 cm³/mol. The summed E-state index contributed by atoms with van der Waals surface area (Å²) in [6.07, 6.45) is 18.9. The molecule has 1 aliphatic rings. The molecule has 6 heteroatoms. The molecule has 0 spiro atoms. The maximum atomic E-state index is 12.1. The van der Waals surface area contributed by atoms with E-state index in [1.54, 1.807) is 17.4 Å². The minimum absolute atomic E-state index is 0.437. The molecule has 1 saturated heterocycles. The number of morpholine rings is 1. The molecule has 0 bridgehead atoms. The molecule has 0 saturated carbocycles. The fraction of sp³-hybridized carbons (Fsp3) is 0.345. The van der Waals surface area contributed by atoms with Crippen molar-refractivity contribution in [2.24, 2.45) is 5.73 Å². The van der Waals surface area contributed by atoms with Gasteiger partial charge in [0.1, 0.15) is 5.75 Å². The number of rotatable bonds is 13. The Bertz CT molecular complexity index is 1100. The first-order chi connectivity index (χ1) is 17.1. The number of unbranched alkanes of at least 4 members (excludes halogenated alkanes) is 1. The van der Waals surface area contributed by atoms with E-state index >= 15 is 0 Å². The second kappa shape index (κ2) is 14.5. The number of thiophene rings is 1. The third-order valence-corrected chi connectivity index (χ3v) is 6.98. The van der Waals surface area contributed by atoms with E-state index < -0.39 is 5.91 Å². The Morgan fingerprint density at radius 3 is 2.71 bits per heavy atom. The zero-order valence-corrected chi connectivity index (χ0v) is 21.4. The van der Waals surface area contributed by atoms with Crippen molar-refractivity contribution in [2.45, 2.75) is 26.2 Å². The summed E-state index contributed by atoms with van der Waals surface area (Å²) >= 11 is 1.69. The number of carbonyl (C=O) groups is 1. The van der Waals surface area contributed by atoms with E-state index in [2.05, 4.69) is 42.7 Å². The van der Waals surface area contributed by atoms with Crippen LogP contribution in [0.25, 0.3) is 15.7 Å². The first kappa shape index (κ1) is 26.7. The molecule has 1 aromatic carbocycles. The van der Waals surface area contributed by atoms with E-state index in [4.69, 9.17) is 15.2 Å². The molecule has 1 amide bonds. The number of benzene rings is 1. The molecule has 0 unspecified atom stereocenters. The van der Waals surface area contributed by atoms with Crippen molar-refractivity contribution in [1.82, 2.24) is 4.90 Å². The lowest BCUT2D eigenvalue weighted by atomic mass is 10.1. The lowest BCUT2D eigenvalue weighted by molar-refractivity contribution is 0.0368. The van der Waals surface area contributed by atoms with E-state index in [0.717, 1.165) is 72.6 Å². The van der Waals surface area contributed by atoms with Gasteiger partial charge in [-0.3, -0.25) is 9.69 Å². The first-order valence-electron chi connectivity index (χ1n) is 12.2. The van der Waals surface area contributed by atoms with Gasteiger partial charge in [0, 0.05) is 22.7 Å². The fourth-order valence-electron chi connectivity index (χ4n) is 3.78. The number of hydrogen-bond acceptors (Lipinski definition) is 5. The van der Waals surface area contributed by atoms with Crippen LogP contribution in [0.15, 0.2) is 73.4 Å². The lowest BCUT2D eigenvalue weighted by Gasteiger charge is -2.26. The molecule has 1 aliphatic heterocycles. The molecule has 1 fully saturated rings. The van der Waals surface area contributed by atoms with E-state index in [-0.39, 0.29) is 0 Å². The standard InChI is InChI=1S/C29H36N2O3S/c1-3-4-5-6-7-8-9-10-13-23(2)27-21-24-20-25(29(30)32)26(22-28(24)35-27)34-17-12-11-14-31-15-18-33-19-16-31/h3-5,7-10,13,20-22H,1,6,11-12,14-19H2,2H3,(H2,30,32). The third-order valence-electron chi connectivity index (χ3n) is 5.75. The topological polar surface area (TPSA) is 64.8 Å². The van der Waals surface area contributed by atoms with Gasteiger partial charge in [-0.1, -0.05) is 55.2 Å². The largest absolute Gasteiger partial charge is 0.493 e. The minimum atomic E-state index is -0.465. The smallest absolute Gasteiger partial charge is 0.252 e. The molecule has 35 heavy (non-hydrogen) atoms. The van der Waals surface area contributed by atoms with Crippen molar-refractivity contribution in [3.63, 3.8) is 0 Å². The number of primary amides is 1. The van der Waals surface area contributed by atoms with Crippen molar-refractivity contribution < 1.29 is 14.3 Å². The quantitative estimate of drug-likeness (QED) is 0.269.